The molecule has 1 aromatic heterocycles. The van der Waals surface area contributed by atoms with E-state index in [0.717, 1.165) is 0 Å². The Labute approximate surface area is 162 Å². The standard InChI is InChI=1S/C12H9Cl4N5O3S/c1-6-17-9(12(14,15)16)19-10(18-6)20-11(22)21-25(23,24)8-5-3-2-4-7(8)13/h2-5H,1H3,(H2,17,18,19,20,21,22). The number of hydrogen-bond donors (Lipinski definition) is 2. The molecule has 2 rings (SSSR count). The first kappa shape index (κ1) is 19.9. The number of urea groups is 1. The van der Waals surface area contributed by atoms with E-state index in [9.17, 15) is 13.2 Å². The minimum atomic E-state index is -4.20. The number of sulfonamides is 1. The minimum absolute atomic E-state index is 0.0442. The van der Waals surface area contributed by atoms with Gasteiger partial charge in [0.2, 0.25) is 9.74 Å². The van der Waals surface area contributed by atoms with Crippen LogP contribution in [-0.4, -0.2) is 29.4 Å². The Morgan fingerprint density at radius 2 is 1.76 bits per heavy atom. The van der Waals surface area contributed by atoms with Crippen LogP contribution in [0.1, 0.15) is 11.6 Å². The largest absolute Gasteiger partial charge is 0.335 e. The Morgan fingerprint density at radius 1 is 1.12 bits per heavy atom. The smallest absolute Gasteiger partial charge is 0.275 e. The normalized spacial score (nSPS) is 11.9. The van der Waals surface area contributed by atoms with E-state index in [4.69, 9.17) is 46.4 Å². The Kier molecular flexibility index (Phi) is 5.95. The zero-order valence-electron chi connectivity index (χ0n) is 12.3. The van der Waals surface area contributed by atoms with Gasteiger partial charge in [-0.1, -0.05) is 58.5 Å². The van der Waals surface area contributed by atoms with E-state index in [1.807, 2.05) is 0 Å². The van der Waals surface area contributed by atoms with Gasteiger partial charge in [-0.3, -0.25) is 5.32 Å². The third-order valence-electron chi connectivity index (χ3n) is 2.58. The minimum Gasteiger partial charge on any atom is -0.275 e. The quantitative estimate of drug-likeness (QED) is 0.702. The topological polar surface area (TPSA) is 114 Å². The molecule has 0 fully saturated rings. The van der Waals surface area contributed by atoms with Crippen molar-refractivity contribution in [2.75, 3.05) is 5.32 Å². The Bertz CT molecular complexity index is 917. The predicted molar refractivity (Wildman–Crippen MR) is 94.6 cm³/mol. The molecular formula is C12H9Cl4N5O3S. The number of aromatic nitrogens is 3. The molecule has 2 aromatic rings. The molecule has 1 aromatic carbocycles. The molecular weight excluding hydrogens is 436 g/mol. The number of carbonyl (C=O) groups is 1. The lowest BCUT2D eigenvalue weighted by atomic mass is 10.4. The number of nitrogens with zero attached hydrogens (tertiary/aromatic N) is 3. The summed E-state index contributed by atoms with van der Waals surface area (Å²) in [6.07, 6.45) is 0. The highest BCUT2D eigenvalue weighted by Crippen LogP contribution is 2.35. The monoisotopic (exact) mass is 443 g/mol. The Balaban J connectivity index is 2.21. The van der Waals surface area contributed by atoms with Gasteiger partial charge in [0.05, 0.1) is 5.02 Å². The van der Waals surface area contributed by atoms with Crippen LogP contribution in [-0.2, 0) is 13.8 Å². The summed E-state index contributed by atoms with van der Waals surface area (Å²) in [4.78, 5) is 23.1. The maximum atomic E-state index is 12.2. The molecule has 0 aliphatic carbocycles. The lowest BCUT2D eigenvalue weighted by Crippen LogP contribution is -2.35. The van der Waals surface area contributed by atoms with Crippen molar-refractivity contribution in [3.63, 3.8) is 0 Å². The molecule has 0 aliphatic heterocycles. The van der Waals surface area contributed by atoms with Gasteiger partial charge in [0.25, 0.3) is 10.0 Å². The fraction of sp³-hybridized carbons (Fsp3) is 0.167. The third kappa shape index (κ3) is 5.29. The van der Waals surface area contributed by atoms with Crippen LogP contribution in [0, 0.1) is 6.92 Å². The van der Waals surface area contributed by atoms with Crippen molar-refractivity contribution in [2.45, 2.75) is 15.6 Å². The van der Waals surface area contributed by atoms with E-state index < -0.39 is 19.8 Å². The Hall–Kier alpha value is -1.39. The number of amides is 2. The molecule has 0 spiro atoms. The van der Waals surface area contributed by atoms with Crippen molar-refractivity contribution in [3.8, 4) is 0 Å². The van der Waals surface area contributed by atoms with Crippen molar-refractivity contribution in [3.05, 3.63) is 40.9 Å². The summed E-state index contributed by atoms with van der Waals surface area (Å²) in [5.41, 5.74) is 0. The molecule has 0 atom stereocenters. The van der Waals surface area contributed by atoms with Crippen LogP contribution >= 0.6 is 46.4 Å². The van der Waals surface area contributed by atoms with Gasteiger partial charge in [-0.2, -0.15) is 9.97 Å². The van der Waals surface area contributed by atoms with Crippen LogP contribution in [0.15, 0.2) is 29.2 Å². The molecule has 8 nitrogen and oxygen atoms in total. The zero-order chi connectivity index (χ0) is 18.8. The molecule has 25 heavy (non-hydrogen) atoms. The van der Waals surface area contributed by atoms with Crippen molar-refractivity contribution < 1.29 is 13.2 Å². The summed E-state index contributed by atoms with van der Waals surface area (Å²) < 4.78 is 24.2. The first-order valence-electron chi connectivity index (χ1n) is 6.37. The summed E-state index contributed by atoms with van der Waals surface area (Å²) in [5.74, 6) is -0.365. The van der Waals surface area contributed by atoms with Gasteiger partial charge < -0.3 is 0 Å². The lowest BCUT2D eigenvalue weighted by molar-refractivity contribution is 0.256. The molecule has 2 N–H and O–H groups in total. The van der Waals surface area contributed by atoms with Gasteiger partial charge in [-0.05, 0) is 19.1 Å². The number of carbonyl (C=O) groups excluding carboxylic acids is 1. The highest BCUT2D eigenvalue weighted by molar-refractivity contribution is 7.90. The van der Waals surface area contributed by atoms with Gasteiger partial charge in [0.15, 0.2) is 5.82 Å². The fourth-order valence-electron chi connectivity index (χ4n) is 1.63. The van der Waals surface area contributed by atoms with Gasteiger partial charge in [0, 0.05) is 0 Å². The summed E-state index contributed by atoms with van der Waals surface area (Å²) in [5, 5.41) is 2.09. The number of nitrogens with one attached hydrogen (secondary N) is 2. The maximum absolute atomic E-state index is 12.2. The first-order chi connectivity index (χ1) is 11.5. The lowest BCUT2D eigenvalue weighted by Gasteiger charge is -2.12. The average molecular weight is 445 g/mol. The molecule has 134 valence electrons. The van der Waals surface area contributed by atoms with E-state index in [1.165, 1.54) is 25.1 Å². The van der Waals surface area contributed by atoms with E-state index in [0.29, 0.717) is 0 Å². The zero-order valence-corrected chi connectivity index (χ0v) is 16.1. The van der Waals surface area contributed by atoms with E-state index >= 15 is 0 Å². The average Bonchev–Trinajstić information content (AvgIpc) is 2.45. The number of halogens is 4. The summed E-state index contributed by atoms with van der Waals surface area (Å²) >= 11 is 22.9. The van der Waals surface area contributed by atoms with Gasteiger partial charge >= 0.3 is 6.03 Å². The van der Waals surface area contributed by atoms with E-state index in [1.54, 1.807) is 10.8 Å². The number of anilines is 1. The second kappa shape index (κ2) is 7.46. The van der Waals surface area contributed by atoms with E-state index in [2.05, 4.69) is 20.3 Å². The van der Waals surface area contributed by atoms with Crippen LogP contribution in [0.4, 0.5) is 10.7 Å². The third-order valence-corrected chi connectivity index (χ3v) is 4.92. The molecule has 0 saturated carbocycles. The highest BCUT2D eigenvalue weighted by atomic mass is 35.6. The van der Waals surface area contributed by atoms with Crippen LogP contribution < -0.4 is 10.0 Å². The summed E-state index contributed by atoms with van der Waals surface area (Å²) in [7, 11) is -4.20. The second-order valence-corrected chi connectivity index (χ2v) is 8.86. The molecule has 0 unspecified atom stereocenters. The predicted octanol–water partition coefficient (Wildman–Crippen LogP) is 3.17. The first-order valence-corrected chi connectivity index (χ1v) is 9.37. The van der Waals surface area contributed by atoms with Crippen molar-refractivity contribution in [1.29, 1.82) is 0 Å². The van der Waals surface area contributed by atoms with Crippen LogP contribution in [0.3, 0.4) is 0 Å². The van der Waals surface area contributed by atoms with Crippen LogP contribution in [0.25, 0.3) is 0 Å². The van der Waals surface area contributed by atoms with Gasteiger partial charge in [0.1, 0.15) is 10.7 Å². The number of rotatable bonds is 3. The number of aryl methyl sites for hydroxylation is 1. The molecule has 13 heteroatoms. The van der Waals surface area contributed by atoms with Gasteiger partial charge in [-0.25, -0.2) is 22.9 Å². The number of benzene rings is 1. The SMILES string of the molecule is Cc1nc(NC(=O)NS(=O)(=O)c2ccccc2Cl)nc(C(Cl)(Cl)Cl)n1. The molecule has 0 saturated heterocycles. The number of hydrogen-bond acceptors (Lipinski definition) is 6. The van der Waals surface area contributed by atoms with E-state index in [-0.39, 0.29) is 27.5 Å². The molecule has 1 heterocycles. The molecule has 0 bridgehead atoms. The molecule has 0 aliphatic rings. The maximum Gasteiger partial charge on any atom is 0.335 e. The van der Waals surface area contributed by atoms with Crippen LogP contribution in [0.5, 0.6) is 0 Å². The van der Waals surface area contributed by atoms with Gasteiger partial charge in [-0.15, -0.1) is 0 Å². The van der Waals surface area contributed by atoms with Crippen LogP contribution in [0.2, 0.25) is 5.02 Å². The molecule has 2 amide bonds. The fourth-order valence-corrected chi connectivity index (χ4v) is 3.31. The summed E-state index contributed by atoms with van der Waals surface area (Å²) in [6, 6.07) is 4.50. The van der Waals surface area contributed by atoms with Crippen molar-refractivity contribution in [2.24, 2.45) is 0 Å². The summed E-state index contributed by atoms with van der Waals surface area (Å²) in [6.45, 7) is 1.48. The highest BCUT2D eigenvalue weighted by Gasteiger charge is 2.28. The van der Waals surface area contributed by atoms with Crippen molar-refractivity contribution >= 4 is 68.4 Å². The molecule has 0 radical (unpaired) electrons. The number of alkyl halides is 3. The van der Waals surface area contributed by atoms with Crippen molar-refractivity contribution in [1.82, 2.24) is 19.7 Å². The second-order valence-electron chi connectivity index (χ2n) is 4.52. The Morgan fingerprint density at radius 3 is 2.36 bits per heavy atom.